The Morgan fingerprint density at radius 1 is 0.852 bits per heavy atom. The number of unbranched alkanes of at least 4 members (excludes halogenated alkanes) is 10. The molecule has 0 aromatic rings. The topological polar surface area (TPSA) is 43.4 Å². The number of esters is 1. The molecule has 0 aliphatic carbocycles. The van der Waals surface area contributed by atoms with E-state index >= 15 is 0 Å². The van der Waals surface area contributed by atoms with Crippen molar-refractivity contribution in [1.82, 2.24) is 0 Å². The third kappa shape index (κ3) is 15.1. The van der Waals surface area contributed by atoms with Crippen LogP contribution in [0.5, 0.6) is 0 Å². The first-order valence-electron chi connectivity index (χ1n) is 10.8. The van der Waals surface area contributed by atoms with Crippen LogP contribution in [0.25, 0.3) is 0 Å². The van der Waals surface area contributed by atoms with Gasteiger partial charge in [-0.1, -0.05) is 89.7 Å². The molecule has 0 saturated heterocycles. The van der Waals surface area contributed by atoms with Gasteiger partial charge in [0.05, 0.1) is 0 Å². The lowest BCUT2D eigenvalue weighted by molar-refractivity contribution is -0.150. The van der Waals surface area contributed by atoms with Gasteiger partial charge in [-0.2, -0.15) is 0 Å². The Bertz CT molecular complexity index is 437. The molecule has 0 aromatic heterocycles. The molecule has 0 rings (SSSR count). The van der Waals surface area contributed by atoms with Gasteiger partial charge in [0.2, 0.25) is 0 Å². The Balaban J connectivity index is 3.70. The highest BCUT2D eigenvalue weighted by Gasteiger charge is 2.25. The Hall–Kier alpha value is -1.64. The molecule has 154 valence electrons. The maximum atomic E-state index is 11.9. The summed E-state index contributed by atoms with van der Waals surface area (Å²) in [5, 5.41) is 0. The number of hydrogen-bond donors (Lipinski definition) is 0. The lowest BCUT2D eigenvalue weighted by Crippen LogP contribution is -2.25. The van der Waals surface area contributed by atoms with E-state index in [1.54, 1.807) is 0 Å². The maximum Gasteiger partial charge on any atom is 0.317 e. The van der Waals surface area contributed by atoms with Crippen molar-refractivity contribution in [2.24, 2.45) is 5.92 Å². The van der Waals surface area contributed by atoms with Gasteiger partial charge >= 0.3 is 5.97 Å². The summed E-state index contributed by atoms with van der Waals surface area (Å²) >= 11 is 0. The first-order valence-corrected chi connectivity index (χ1v) is 10.8. The van der Waals surface area contributed by atoms with Crippen LogP contribution in [0.1, 0.15) is 90.4 Å². The normalized spacial score (nSPS) is 12.0. The number of ketones is 1. The quantitative estimate of drug-likeness (QED) is 0.0824. The molecule has 0 N–H and O–H groups in total. The highest BCUT2D eigenvalue weighted by atomic mass is 16.5. The van der Waals surface area contributed by atoms with Gasteiger partial charge in [0.15, 0.2) is 5.78 Å². The number of carbonyl (C=O) groups is 2. The summed E-state index contributed by atoms with van der Waals surface area (Å²) in [7, 11) is 0. The van der Waals surface area contributed by atoms with Crippen molar-refractivity contribution in [2.45, 2.75) is 90.4 Å². The van der Waals surface area contributed by atoms with Crippen LogP contribution in [0.15, 0.2) is 37.5 Å². The molecule has 0 amide bonds. The molecule has 3 heteroatoms. The van der Waals surface area contributed by atoms with Gasteiger partial charge in [-0.3, -0.25) is 9.59 Å². The molecule has 0 heterocycles. The van der Waals surface area contributed by atoms with Crippen molar-refractivity contribution < 1.29 is 14.3 Å². The molecule has 0 fully saturated rings. The second kappa shape index (κ2) is 19.1. The maximum absolute atomic E-state index is 11.9. The molecule has 27 heavy (non-hydrogen) atoms. The summed E-state index contributed by atoms with van der Waals surface area (Å²) < 4.78 is 5.01. The Morgan fingerprint density at radius 3 is 1.96 bits per heavy atom. The third-order valence-electron chi connectivity index (χ3n) is 4.68. The predicted octanol–water partition coefficient (Wildman–Crippen LogP) is 6.73. The number of rotatable bonds is 19. The fourth-order valence-corrected chi connectivity index (χ4v) is 3.00. The van der Waals surface area contributed by atoms with Gasteiger partial charge in [-0.05, 0) is 38.2 Å². The molecular weight excluding hydrogens is 336 g/mol. The second-order valence-corrected chi connectivity index (χ2v) is 7.10. The van der Waals surface area contributed by atoms with Gasteiger partial charge in [-0.15, -0.1) is 0 Å². The highest BCUT2D eigenvalue weighted by Crippen LogP contribution is 2.15. The average molecular weight is 377 g/mol. The molecule has 0 radical (unpaired) electrons. The van der Waals surface area contributed by atoms with E-state index in [1.807, 2.05) is 0 Å². The summed E-state index contributed by atoms with van der Waals surface area (Å²) in [6.07, 6.45) is 22.4. The van der Waals surface area contributed by atoms with Crippen LogP contribution in [-0.4, -0.2) is 18.4 Å². The highest BCUT2D eigenvalue weighted by molar-refractivity contribution is 6.04. The predicted molar refractivity (Wildman–Crippen MR) is 115 cm³/mol. The lowest BCUT2D eigenvalue weighted by atomic mass is 9.96. The van der Waals surface area contributed by atoms with E-state index in [9.17, 15) is 9.59 Å². The number of ether oxygens (including phenoxy) is 1. The molecule has 1 atom stereocenters. The van der Waals surface area contributed by atoms with Crippen LogP contribution < -0.4 is 0 Å². The first kappa shape index (κ1) is 25.4. The third-order valence-corrected chi connectivity index (χ3v) is 4.68. The monoisotopic (exact) mass is 376 g/mol. The minimum Gasteiger partial charge on any atom is -0.461 e. The van der Waals surface area contributed by atoms with Crippen molar-refractivity contribution in [3.63, 3.8) is 0 Å². The molecule has 3 nitrogen and oxygen atoms in total. The number of allylic oxidation sites excluding steroid dienone is 3. The fourth-order valence-electron chi connectivity index (χ4n) is 3.00. The van der Waals surface area contributed by atoms with Gasteiger partial charge in [0.25, 0.3) is 0 Å². The zero-order valence-corrected chi connectivity index (χ0v) is 17.4. The molecule has 0 bridgehead atoms. The standard InChI is InChI=1S/C24H40O3/c1-4-7-8-9-10-11-12-13-14-15-16-17-18-19-20-22(23(25)6-3)24(26)27-21-5-2/h5-6,13-14,22H,2-4,7-12,15-21H2,1H3/b14-13-. The Labute approximate surface area is 167 Å². The summed E-state index contributed by atoms with van der Waals surface area (Å²) in [5.41, 5.74) is 0. The molecule has 0 aromatic carbocycles. The lowest BCUT2D eigenvalue weighted by Gasteiger charge is -2.12. The first-order chi connectivity index (χ1) is 13.2. The minimum atomic E-state index is -0.709. The summed E-state index contributed by atoms with van der Waals surface area (Å²) in [6.45, 7) is 9.38. The minimum absolute atomic E-state index is 0.144. The van der Waals surface area contributed by atoms with E-state index in [0.717, 1.165) is 32.1 Å². The van der Waals surface area contributed by atoms with E-state index in [4.69, 9.17) is 4.74 Å². The van der Waals surface area contributed by atoms with E-state index < -0.39 is 11.9 Å². The second-order valence-electron chi connectivity index (χ2n) is 7.10. The van der Waals surface area contributed by atoms with E-state index in [0.29, 0.717) is 6.42 Å². The number of carbonyl (C=O) groups excluding carboxylic acids is 2. The van der Waals surface area contributed by atoms with Crippen LogP contribution in [0.2, 0.25) is 0 Å². The zero-order valence-electron chi connectivity index (χ0n) is 17.4. The van der Waals surface area contributed by atoms with Gasteiger partial charge < -0.3 is 4.74 Å². The van der Waals surface area contributed by atoms with Crippen LogP contribution in [0.3, 0.4) is 0 Å². The van der Waals surface area contributed by atoms with Crippen molar-refractivity contribution in [3.05, 3.63) is 37.5 Å². The fraction of sp³-hybridized carbons (Fsp3) is 0.667. The molecular formula is C24H40O3. The van der Waals surface area contributed by atoms with E-state index in [1.165, 1.54) is 57.1 Å². The summed E-state index contributed by atoms with van der Waals surface area (Å²) in [6, 6.07) is 0. The van der Waals surface area contributed by atoms with Crippen molar-refractivity contribution >= 4 is 11.8 Å². The molecule has 0 saturated carbocycles. The smallest absolute Gasteiger partial charge is 0.317 e. The van der Waals surface area contributed by atoms with Crippen LogP contribution in [0, 0.1) is 5.92 Å². The SMILES string of the molecule is C=CCOC(=O)C(CCCCCC/C=C\CCCCCCCC)C(=O)C=C. The van der Waals surface area contributed by atoms with Crippen molar-refractivity contribution in [2.75, 3.05) is 6.61 Å². The molecule has 0 aliphatic heterocycles. The van der Waals surface area contributed by atoms with Crippen molar-refractivity contribution in [3.8, 4) is 0 Å². The van der Waals surface area contributed by atoms with Crippen LogP contribution in [0.4, 0.5) is 0 Å². The average Bonchev–Trinajstić information content (AvgIpc) is 2.68. The molecule has 0 aliphatic rings. The van der Waals surface area contributed by atoms with Gasteiger partial charge in [0, 0.05) is 0 Å². The Kier molecular flexibility index (Phi) is 18.0. The van der Waals surface area contributed by atoms with Crippen molar-refractivity contribution in [1.29, 1.82) is 0 Å². The largest absolute Gasteiger partial charge is 0.461 e. The van der Waals surface area contributed by atoms with E-state index in [-0.39, 0.29) is 12.4 Å². The van der Waals surface area contributed by atoms with Crippen LogP contribution in [-0.2, 0) is 14.3 Å². The number of hydrogen-bond acceptors (Lipinski definition) is 3. The van der Waals surface area contributed by atoms with Gasteiger partial charge in [-0.25, -0.2) is 0 Å². The Morgan fingerprint density at radius 2 is 1.41 bits per heavy atom. The molecule has 0 spiro atoms. The summed E-state index contributed by atoms with van der Waals surface area (Å²) in [4.78, 5) is 23.7. The van der Waals surface area contributed by atoms with Crippen LogP contribution >= 0.6 is 0 Å². The summed E-state index contributed by atoms with van der Waals surface area (Å²) in [5.74, 6) is -1.42. The van der Waals surface area contributed by atoms with Gasteiger partial charge in [0.1, 0.15) is 12.5 Å². The van der Waals surface area contributed by atoms with E-state index in [2.05, 4.69) is 32.2 Å². The molecule has 1 unspecified atom stereocenters. The zero-order chi connectivity index (χ0) is 20.2.